The molecule has 0 heterocycles. The van der Waals surface area contributed by atoms with Crippen molar-refractivity contribution in [1.82, 2.24) is 4.90 Å². The number of hydrogen-bond acceptors (Lipinski definition) is 2. The van der Waals surface area contributed by atoms with Gasteiger partial charge in [-0.15, -0.1) is 0 Å². The standard InChI is InChI=1S/C17H20ClFN2/c1-12-5-3-4-6-13(12)11-21(2)17(10-20)15-9-14(18)7-8-16(15)19/h3-9,17H,10-11,20H2,1-2H3. The van der Waals surface area contributed by atoms with Crippen molar-refractivity contribution in [2.24, 2.45) is 5.73 Å². The van der Waals surface area contributed by atoms with Crippen LogP contribution in [0.1, 0.15) is 22.7 Å². The molecule has 1 atom stereocenters. The molecule has 2 aromatic carbocycles. The number of benzene rings is 2. The Morgan fingerprint density at radius 2 is 1.95 bits per heavy atom. The first kappa shape index (κ1) is 16.0. The first-order chi connectivity index (χ1) is 10.0. The number of halogens is 2. The molecule has 0 aliphatic rings. The van der Waals surface area contributed by atoms with Gasteiger partial charge >= 0.3 is 0 Å². The topological polar surface area (TPSA) is 29.3 Å². The molecule has 2 N–H and O–H groups in total. The Morgan fingerprint density at radius 3 is 2.62 bits per heavy atom. The first-order valence-corrected chi connectivity index (χ1v) is 7.30. The van der Waals surface area contributed by atoms with E-state index in [1.54, 1.807) is 12.1 Å². The summed E-state index contributed by atoms with van der Waals surface area (Å²) in [6, 6.07) is 12.6. The van der Waals surface area contributed by atoms with Gasteiger partial charge in [0, 0.05) is 29.7 Å². The van der Waals surface area contributed by atoms with Crippen molar-refractivity contribution >= 4 is 11.6 Å². The Kier molecular flexibility index (Phi) is 5.34. The molecule has 2 aromatic rings. The Bertz CT molecular complexity index is 615. The summed E-state index contributed by atoms with van der Waals surface area (Å²) in [6.45, 7) is 3.11. The zero-order valence-corrected chi connectivity index (χ0v) is 13.1. The third-order valence-electron chi connectivity index (χ3n) is 3.75. The zero-order valence-electron chi connectivity index (χ0n) is 12.3. The lowest BCUT2D eigenvalue weighted by Gasteiger charge is -2.28. The SMILES string of the molecule is Cc1ccccc1CN(C)C(CN)c1cc(Cl)ccc1F. The maximum Gasteiger partial charge on any atom is 0.128 e. The maximum atomic E-state index is 14.0. The van der Waals surface area contributed by atoms with Crippen LogP contribution in [0, 0.1) is 12.7 Å². The van der Waals surface area contributed by atoms with Gasteiger partial charge in [0.15, 0.2) is 0 Å². The van der Waals surface area contributed by atoms with Gasteiger partial charge in [-0.3, -0.25) is 4.90 Å². The predicted octanol–water partition coefficient (Wildman–Crippen LogP) is 3.92. The number of hydrogen-bond donors (Lipinski definition) is 1. The fourth-order valence-electron chi connectivity index (χ4n) is 2.48. The molecule has 0 saturated heterocycles. The Hall–Kier alpha value is -1.42. The zero-order chi connectivity index (χ0) is 15.4. The van der Waals surface area contributed by atoms with Crippen molar-refractivity contribution in [2.45, 2.75) is 19.5 Å². The minimum absolute atomic E-state index is 0.205. The van der Waals surface area contributed by atoms with Gasteiger partial charge in [-0.25, -0.2) is 4.39 Å². The molecule has 1 unspecified atom stereocenters. The van der Waals surface area contributed by atoms with Gasteiger partial charge in [0.05, 0.1) is 0 Å². The van der Waals surface area contributed by atoms with Crippen molar-refractivity contribution in [3.63, 3.8) is 0 Å². The van der Waals surface area contributed by atoms with E-state index in [4.69, 9.17) is 17.3 Å². The molecule has 0 radical (unpaired) electrons. The lowest BCUT2D eigenvalue weighted by Crippen LogP contribution is -2.31. The molecule has 0 fully saturated rings. The van der Waals surface area contributed by atoms with Gasteiger partial charge in [0.2, 0.25) is 0 Å². The van der Waals surface area contributed by atoms with Crippen LogP contribution >= 0.6 is 11.6 Å². The van der Waals surface area contributed by atoms with Crippen molar-refractivity contribution in [1.29, 1.82) is 0 Å². The fraction of sp³-hybridized carbons (Fsp3) is 0.294. The molecular formula is C17H20ClFN2. The van der Waals surface area contributed by atoms with Gasteiger partial charge in [-0.1, -0.05) is 35.9 Å². The van der Waals surface area contributed by atoms with Crippen LogP contribution < -0.4 is 5.73 Å². The summed E-state index contributed by atoms with van der Waals surface area (Å²) >= 11 is 5.98. The molecule has 4 heteroatoms. The number of nitrogens with zero attached hydrogens (tertiary/aromatic N) is 1. The number of likely N-dealkylation sites (N-methyl/N-ethyl adjacent to an activating group) is 1. The van der Waals surface area contributed by atoms with Gasteiger partial charge in [0.1, 0.15) is 5.82 Å². The highest BCUT2D eigenvalue weighted by atomic mass is 35.5. The van der Waals surface area contributed by atoms with E-state index in [-0.39, 0.29) is 11.9 Å². The molecule has 0 bridgehead atoms. The lowest BCUT2D eigenvalue weighted by atomic mass is 10.0. The van der Waals surface area contributed by atoms with Crippen molar-refractivity contribution < 1.29 is 4.39 Å². The minimum atomic E-state index is -0.272. The second-order valence-electron chi connectivity index (χ2n) is 5.26. The molecule has 112 valence electrons. The molecular weight excluding hydrogens is 287 g/mol. The van der Waals surface area contributed by atoms with E-state index in [0.29, 0.717) is 23.7 Å². The van der Waals surface area contributed by atoms with Crippen LogP contribution in [0.3, 0.4) is 0 Å². The molecule has 0 spiro atoms. The average Bonchev–Trinajstić information content (AvgIpc) is 2.46. The molecule has 2 rings (SSSR count). The van der Waals surface area contributed by atoms with Crippen LogP contribution in [0.15, 0.2) is 42.5 Å². The third-order valence-corrected chi connectivity index (χ3v) is 3.99. The molecule has 21 heavy (non-hydrogen) atoms. The summed E-state index contributed by atoms with van der Waals surface area (Å²) in [4.78, 5) is 2.05. The van der Waals surface area contributed by atoms with Gasteiger partial charge in [0.25, 0.3) is 0 Å². The van der Waals surface area contributed by atoms with Crippen LogP contribution in [0.2, 0.25) is 5.02 Å². The van der Waals surface area contributed by atoms with E-state index in [9.17, 15) is 4.39 Å². The molecule has 2 nitrogen and oxygen atoms in total. The summed E-state index contributed by atoms with van der Waals surface area (Å²) < 4.78 is 14.0. The normalized spacial score (nSPS) is 12.7. The number of rotatable bonds is 5. The first-order valence-electron chi connectivity index (χ1n) is 6.92. The highest BCUT2D eigenvalue weighted by molar-refractivity contribution is 6.30. The average molecular weight is 307 g/mol. The van der Waals surface area contributed by atoms with Crippen LogP contribution in [-0.2, 0) is 6.54 Å². The van der Waals surface area contributed by atoms with Gasteiger partial charge < -0.3 is 5.73 Å². The van der Waals surface area contributed by atoms with E-state index >= 15 is 0 Å². The Labute approximate surface area is 130 Å². The second-order valence-corrected chi connectivity index (χ2v) is 5.70. The lowest BCUT2D eigenvalue weighted by molar-refractivity contribution is 0.236. The van der Waals surface area contributed by atoms with Crippen molar-refractivity contribution in [2.75, 3.05) is 13.6 Å². The highest BCUT2D eigenvalue weighted by Crippen LogP contribution is 2.26. The van der Waals surface area contributed by atoms with Crippen molar-refractivity contribution in [3.05, 3.63) is 70.0 Å². The van der Waals surface area contributed by atoms with E-state index in [0.717, 1.165) is 0 Å². The second kappa shape index (κ2) is 7.03. The Balaban J connectivity index is 2.25. The predicted molar refractivity (Wildman–Crippen MR) is 85.9 cm³/mol. The van der Waals surface area contributed by atoms with Crippen molar-refractivity contribution in [3.8, 4) is 0 Å². The van der Waals surface area contributed by atoms with Crippen LogP contribution in [0.25, 0.3) is 0 Å². The van der Waals surface area contributed by atoms with Gasteiger partial charge in [-0.05, 0) is 43.3 Å². The van der Waals surface area contributed by atoms with Crippen LogP contribution in [0.5, 0.6) is 0 Å². The Morgan fingerprint density at radius 1 is 1.24 bits per heavy atom. The largest absolute Gasteiger partial charge is 0.329 e. The fourth-order valence-corrected chi connectivity index (χ4v) is 2.66. The molecule has 0 amide bonds. The summed E-state index contributed by atoms with van der Waals surface area (Å²) in [7, 11) is 1.95. The van der Waals surface area contributed by atoms with Gasteiger partial charge in [-0.2, -0.15) is 0 Å². The maximum absolute atomic E-state index is 14.0. The summed E-state index contributed by atoms with van der Waals surface area (Å²) in [6.07, 6.45) is 0. The quantitative estimate of drug-likeness (QED) is 0.907. The molecule has 0 aliphatic carbocycles. The van der Waals surface area contributed by atoms with E-state index in [1.807, 2.05) is 19.2 Å². The number of nitrogens with two attached hydrogens (primary N) is 1. The smallest absolute Gasteiger partial charge is 0.128 e. The third kappa shape index (κ3) is 3.82. The monoisotopic (exact) mass is 306 g/mol. The van der Waals surface area contributed by atoms with Crippen LogP contribution in [0.4, 0.5) is 4.39 Å². The van der Waals surface area contributed by atoms with E-state index in [1.165, 1.54) is 17.2 Å². The number of aryl methyl sites for hydroxylation is 1. The van der Waals surface area contributed by atoms with E-state index in [2.05, 4.69) is 24.0 Å². The molecule has 0 aliphatic heterocycles. The summed E-state index contributed by atoms with van der Waals surface area (Å²) in [5.74, 6) is -0.272. The highest BCUT2D eigenvalue weighted by Gasteiger charge is 2.20. The molecule has 0 saturated carbocycles. The summed E-state index contributed by atoms with van der Waals surface area (Å²) in [5.41, 5.74) is 8.83. The van der Waals surface area contributed by atoms with Crippen LogP contribution in [-0.4, -0.2) is 18.5 Å². The minimum Gasteiger partial charge on any atom is -0.329 e. The van der Waals surface area contributed by atoms with E-state index < -0.39 is 0 Å². The molecule has 0 aromatic heterocycles. The summed E-state index contributed by atoms with van der Waals surface area (Å²) in [5, 5.41) is 0.522.